The van der Waals surface area contributed by atoms with E-state index in [1.807, 2.05) is 19.2 Å². The molecule has 0 radical (unpaired) electrons. The summed E-state index contributed by atoms with van der Waals surface area (Å²) in [7, 11) is 6.13. The van der Waals surface area contributed by atoms with Gasteiger partial charge in [-0.25, -0.2) is 4.98 Å². The van der Waals surface area contributed by atoms with Crippen LogP contribution >= 0.6 is 11.6 Å². The molecule has 2 heterocycles. The molecule has 0 unspecified atom stereocenters. The highest BCUT2D eigenvalue weighted by atomic mass is 35.5. The molecule has 1 aliphatic carbocycles. The van der Waals surface area contributed by atoms with Gasteiger partial charge in [-0.05, 0) is 71.7 Å². The maximum atomic E-state index is 10.4. The molecule has 28 heavy (non-hydrogen) atoms. The number of aromatic nitrogens is 3. The van der Waals surface area contributed by atoms with Crippen molar-refractivity contribution in [2.24, 2.45) is 13.0 Å². The molecular formula is C21H32ClN5O. The highest BCUT2D eigenvalue weighted by Crippen LogP contribution is 2.34. The van der Waals surface area contributed by atoms with Gasteiger partial charge in [0.1, 0.15) is 10.8 Å². The number of rotatable bonds is 6. The number of pyridine rings is 1. The summed E-state index contributed by atoms with van der Waals surface area (Å²) in [5.74, 6) is 0.777. The van der Waals surface area contributed by atoms with E-state index in [0.29, 0.717) is 11.2 Å². The van der Waals surface area contributed by atoms with Crippen LogP contribution in [0.1, 0.15) is 45.2 Å². The van der Waals surface area contributed by atoms with Crippen molar-refractivity contribution >= 4 is 17.3 Å². The number of anilines is 1. The number of hydrogen-bond acceptors (Lipinski definition) is 5. The second-order valence-electron chi connectivity index (χ2n) is 8.77. The molecule has 0 atom stereocenters. The van der Waals surface area contributed by atoms with Gasteiger partial charge in [-0.3, -0.25) is 4.68 Å². The summed E-state index contributed by atoms with van der Waals surface area (Å²) < 4.78 is 1.72. The zero-order valence-corrected chi connectivity index (χ0v) is 18.3. The van der Waals surface area contributed by atoms with Crippen molar-refractivity contribution in [2.45, 2.75) is 51.2 Å². The first-order valence-corrected chi connectivity index (χ1v) is 10.4. The largest absolute Gasteiger partial charge is 0.384 e. The van der Waals surface area contributed by atoms with Gasteiger partial charge < -0.3 is 15.3 Å². The van der Waals surface area contributed by atoms with E-state index >= 15 is 0 Å². The first-order valence-electron chi connectivity index (χ1n) is 9.97. The second-order valence-corrected chi connectivity index (χ2v) is 9.16. The van der Waals surface area contributed by atoms with Crippen LogP contribution in [0.5, 0.6) is 0 Å². The Balaban J connectivity index is 1.79. The Labute approximate surface area is 172 Å². The summed E-state index contributed by atoms with van der Waals surface area (Å²) in [4.78, 5) is 6.54. The minimum Gasteiger partial charge on any atom is -0.384 e. The first-order chi connectivity index (χ1) is 13.1. The molecule has 154 valence electrons. The van der Waals surface area contributed by atoms with Crippen LogP contribution < -0.4 is 5.32 Å². The van der Waals surface area contributed by atoms with Gasteiger partial charge in [-0.15, -0.1) is 0 Å². The molecule has 0 aliphatic heterocycles. The maximum Gasteiger partial charge on any atom is 0.131 e. The van der Waals surface area contributed by atoms with Crippen LogP contribution in [-0.4, -0.2) is 51.5 Å². The molecule has 0 saturated heterocycles. The molecular weight excluding hydrogens is 374 g/mol. The van der Waals surface area contributed by atoms with Crippen LogP contribution in [0, 0.1) is 5.92 Å². The molecule has 7 heteroatoms. The Morgan fingerprint density at radius 2 is 1.93 bits per heavy atom. The summed E-state index contributed by atoms with van der Waals surface area (Å²) >= 11 is 6.19. The SMILES string of the molecule is CN(C)CC1CCC(Nc2cc(Cl)ncc2-c2cc(C(C)(C)O)n(C)n2)CC1. The molecule has 0 aromatic carbocycles. The molecule has 0 amide bonds. The lowest BCUT2D eigenvalue weighted by molar-refractivity contribution is 0.0696. The van der Waals surface area contributed by atoms with Crippen LogP contribution in [0.15, 0.2) is 18.3 Å². The fraction of sp³-hybridized carbons (Fsp3) is 0.619. The molecule has 1 aliphatic rings. The van der Waals surface area contributed by atoms with Crippen molar-refractivity contribution < 1.29 is 5.11 Å². The van der Waals surface area contributed by atoms with Crippen molar-refractivity contribution in [3.8, 4) is 11.3 Å². The minimum atomic E-state index is -0.960. The summed E-state index contributed by atoms with van der Waals surface area (Å²) in [6.45, 7) is 4.69. The predicted molar refractivity (Wildman–Crippen MR) is 115 cm³/mol. The number of nitrogens with zero attached hydrogens (tertiary/aromatic N) is 4. The predicted octanol–water partition coefficient (Wildman–Crippen LogP) is 3.90. The Kier molecular flexibility index (Phi) is 6.32. The van der Waals surface area contributed by atoms with Gasteiger partial charge in [-0.1, -0.05) is 11.6 Å². The Morgan fingerprint density at radius 1 is 1.25 bits per heavy atom. The van der Waals surface area contributed by atoms with Gasteiger partial charge in [0.2, 0.25) is 0 Å². The van der Waals surface area contributed by atoms with E-state index in [9.17, 15) is 5.11 Å². The van der Waals surface area contributed by atoms with E-state index in [0.717, 1.165) is 47.9 Å². The average molecular weight is 406 g/mol. The van der Waals surface area contributed by atoms with Crippen LogP contribution in [0.3, 0.4) is 0 Å². The van der Waals surface area contributed by atoms with Gasteiger partial charge in [0.05, 0.1) is 11.4 Å². The fourth-order valence-corrected chi connectivity index (χ4v) is 4.31. The zero-order valence-electron chi connectivity index (χ0n) is 17.5. The molecule has 2 N–H and O–H groups in total. The molecule has 1 saturated carbocycles. The zero-order chi connectivity index (χ0) is 20.5. The normalized spacial score (nSPS) is 20.6. The highest BCUT2D eigenvalue weighted by molar-refractivity contribution is 6.29. The molecule has 0 spiro atoms. The molecule has 6 nitrogen and oxygen atoms in total. The molecule has 0 bridgehead atoms. The highest BCUT2D eigenvalue weighted by Gasteiger charge is 2.25. The van der Waals surface area contributed by atoms with Crippen molar-refractivity contribution in [2.75, 3.05) is 26.0 Å². The van der Waals surface area contributed by atoms with Gasteiger partial charge >= 0.3 is 0 Å². The lowest BCUT2D eigenvalue weighted by atomic mass is 9.85. The standard InChI is InChI=1S/C21H32ClN5O/c1-21(2,28)19-10-18(25-27(19)5)16-12-23-20(22)11-17(16)24-15-8-6-14(7-9-15)13-26(3)4/h10-12,14-15,28H,6-9,13H2,1-5H3,(H,23,24). The van der Waals surface area contributed by atoms with Crippen molar-refractivity contribution in [1.82, 2.24) is 19.7 Å². The maximum absolute atomic E-state index is 10.4. The molecule has 3 rings (SSSR count). The van der Waals surface area contributed by atoms with E-state index < -0.39 is 5.60 Å². The number of nitrogens with one attached hydrogen (secondary N) is 1. The van der Waals surface area contributed by atoms with Crippen molar-refractivity contribution in [3.63, 3.8) is 0 Å². The number of aliphatic hydroxyl groups is 1. The third kappa shape index (κ3) is 5.04. The van der Waals surface area contributed by atoms with Crippen LogP contribution in [0.25, 0.3) is 11.3 Å². The van der Waals surface area contributed by atoms with E-state index in [-0.39, 0.29) is 0 Å². The minimum absolute atomic E-state index is 0.424. The van der Waals surface area contributed by atoms with E-state index in [4.69, 9.17) is 11.6 Å². The monoisotopic (exact) mass is 405 g/mol. The van der Waals surface area contributed by atoms with Crippen LogP contribution in [0.4, 0.5) is 5.69 Å². The Bertz CT molecular complexity index is 804. The quantitative estimate of drug-likeness (QED) is 0.713. The number of aryl methyl sites for hydroxylation is 1. The number of hydrogen-bond donors (Lipinski definition) is 2. The van der Waals surface area contributed by atoms with Gasteiger partial charge in [0.25, 0.3) is 0 Å². The van der Waals surface area contributed by atoms with Crippen LogP contribution in [-0.2, 0) is 12.6 Å². The first kappa shape index (κ1) is 21.1. The molecule has 2 aromatic heterocycles. The van der Waals surface area contributed by atoms with E-state index in [1.54, 1.807) is 24.7 Å². The van der Waals surface area contributed by atoms with Crippen molar-refractivity contribution in [3.05, 3.63) is 29.2 Å². The van der Waals surface area contributed by atoms with Crippen LogP contribution in [0.2, 0.25) is 5.15 Å². The van der Waals surface area contributed by atoms with Gasteiger partial charge in [0, 0.05) is 37.1 Å². The second kappa shape index (κ2) is 8.39. The van der Waals surface area contributed by atoms with Gasteiger partial charge in [-0.2, -0.15) is 5.10 Å². The third-order valence-electron chi connectivity index (χ3n) is 5.48. The smallest absolute Gasteiger partial charge is 0.131 e. The Morgan fingerprint density at radius 3 is 2.50 bits per heavy atom. The van der Waals surface area contributed by atoms with Gasteiger partial charge in [0.15, 0.2) is 0 Å². The fourth-order valence-electron chi connectivity index (χ4n) is 4.15. The summed E-state index contributed by atoms with van der Waals surface area (Å²) in [6, 6.07) is 4.22. The molecule has 2 aromatic rings. The average Bonchev–Trinajstić information content (AvgIpc) is 2.98. The number of halogens is 1. The third-order valence-corrected chi connectivity index (χ3v) is 5.69. The Hall–Kier alpha value is -1.63. The molecule has 1 fully saturated rings. The summed E-state index contributed by atoms with van der Waals surface area (Å²) in [5, 5.41) is 19.1. The lowest BCUT2D eigenvalue weighted by Gasteiger charge is -2.31. The summed E-state index contributed by atoms with van der Waals surface area (Å²) in [6.07, 6.45) is 6.52. The summed E-state index contributed by atoms with van der Waals surface area (Å²) in [5.41, 5.74) is 2.45. The lowest BCUT2D eigenvalue weighted by Crippen LogP contribution is -2.31. The topological polar surface area (TPSA) is 66.2 Å². The van der Waals surface area contributed by atoms with E-state index in [1.165, 1.54) is 12.8 Å². The van der Waals surface area contributed by atoms with Crippen molar-refractivity contribution in [1.29, 1.82) is 0 Å². The van der Waals surface area contributed by atoms with E-state index in [2.05, 4.69) is 34.4 Å².